The van der Waals surface area contributed by atoms with Gasteiger partial charge in [0.05, 0.1) is 24.8 Å². The van der Waals surface area contributed by atoms with Crippen LogP contribution in [0.3, 0.4) is 0 Å². The molecule has 7 nitrogen and oxygen atoms in total. The number of thiophene rings is 2. The summed E-state index contributed by atoms with van der Waals surface area (Å²) in [6, 6.07) is 6.23. The van der Waals surface area contributed by atoms with Crippen molar-refractivity contribution in [2.24, 2.45) is 5.92 Å². The maximum atomic E-state index is 12.5. The summed E-state index contributed by atoms with van der Waals surface area (Å²) in [6.45, 7) is 1.60. The SMILES string of the molecule is COCC1CCCN1C(=O)OCC1CCc2c(sc(NC(=O)/C=C/c3cccs3)c2C#N)C1. The van der Waals surface area contributed by atoms with E-state index in [2.05, 4.69) is 11.4 Å². The molecule has 0 bridgehead atoms. The second-order valence-electron chi connectivity index (χ2n) is 8.29. The Morgan fingerprint density at radius 3 is 3.00 bits per heavy atom. The van der Waals surface area contributed by atoms with Gasteiger partial charge in [0.1, 0.15) is 11.1 Å². The van der Waals surface area contributed by atoms with E-state index in [0.717, 1.165) is 47.4 Å². The summed E-state index contributed by atoms with van der Waals surface area (Å²) in [5.41, 5.74) is 1.57. The van der Waals surface area contributed by atoms with Gasteiger partial charge >= 0.3 is 6.09 Å². The molecule has 1 aliphatic carbocycles. The quantitative estimate of drug-likeness (QED) is 0.575. The Bertz CT molecular complexity index is 1050. The lowest BCUT2D eigenvalue weighted by Gasteiger charge is -2.26. The van der Waals surface area contributed by atoms with E-state index in [-0.39, 0.29) is 24.0 Å². The number of anilines is 1. The minimum absolute atomic E-state index is 0.0935. The van der Waals surface area contributed by atoms with Crippen LogP contribution in [0, 0.1) is 17.2 Å². The van der Waals surface area contributed by atoms with Gasteiger partial charge in [-0.15, -0.1) is 22.7 Å². The molecule has 0 saturated carbocycles. The molecule has 2 aromatic rings. The molecule has 33 heavy (non-hydrogen) atoms. The first-order valence-corrected chi connectivity index (χ1v) is 12.8. The number of nitrogens with one attached hydrogen (secondary N) is 1. The standard InChI is InChI=1S/C24H27N3O4S2/c1-30-15-17-4-2-10-27(17)24(29)31-14-16-6-8-19-20(13-25)23(33-21(19)12-16)26-22(28)9-7-18-5-3-11-32-18/h3,5,7,9,11,16-17H,2,4,6,8,10,12,14-15H2,1H3,(H,26,28)/b9-7+. The van der Waals surface area contributed by atoms with Crippen molar-refractivity contribution in [3.8, 4) is 6.07 Å². The molecule has 1 N–H and O–H groups in total. The van der Waals surface area contributed by atoms with Crippen molar-refractivity contribution in [3.63, 3.8) is 0 Å². The van der Waals surface area contributed by atoms with Crippen molar-refractivity contribution < 1.29 is 19.1 Å². The Morgan fingerprint density at radius 1 is 1.36 bits per heavy atom. The second-order valence-corrected chi connectivity index (χ2v) is 10.4. The highest BCUT2D eigenvalue weighted by molar-refractivity contribution is 7.16. The number of fused-ring (bicyclic) bond motifs is 1. The van der Waals surface area contributed by atoms with Crippen LogP contribution >= 0.6 is 22.7 Å². The van der Waals surface area contributed by atoms with Gasteiger partial charge in [-0.2, -0.15) is 5.26 Å². The van der Waals surface area contributed by atoms with Crippen molar-refractivity contribution in [3.05, 3.63) is 44.5 Å². The minimum atomic E-state index is -0.269. The van der Waals surface area contributed by atoms with E-state index in [0.29, 0.717) is 30.3 Å². The summed E-state index contributed by atoms with van der Waals surface area (Å²) in [6.07, 6.45) is 7.23. The number of rotatable bonds is 7. The third-order valence-corrected chi connectivity index (χ3v) is 8.08. The summed E-state index contributed by atoms with van der Waals surface area (Å²) in [4.78, 5) is 28.8. The number of hydrogen-bond donors (Lipinski definition) is 1. The van der Waals surface area contributed by atoms with E-state index in [1.165, 1.54) is 17.4 Å². The third-order valence-electron chi connectivity index (χ3n) is 6.07. The van der Waals surface area contributed by atoms with Gasteiger partial charge in [-0.05, 0) is 61.1 Å². The summed E-state index contributed by atoms with van der Waals surface area (Å²) < 4.78 is 10.9. The Morgan fingerprint density at radius 2 is 2.24 bits per heavy atom. The fraction of sp³-hybridized carbons (Fsp3) is 0.458. The fourth-order valence-electron chi connectivity index (χ4n) is 4.41. The minimum Gasteiger partial charge on any atom is -0.449 e. The molecule has 1 aliphatic heterocycles. The van der Waals surface area contributed by atoms with Gasteiger partial charge in [0.15, 0.2) is 0 Å². The predicted molar refractivity (Wildman–Crippen MR) is 129 cm³/mol. The molecule has 4 rings (SSSR count). The van der Waals surface area contributed by atoms with Crippen molar-refractivity contribution in [1.82, 2.24) is 4.90 Å². The Balaban J connectivity index is 1.35. The highest BCUT2D eigenvalue weighted by Crippen LogP contribution is 2.39. The smallest absolute Gasteiger partial charge is 0.410 e. The van der Waals surface area contributed by atoms with Crippen LogP contribution in [-0.4, -0.2) is 49.8 Å². The number of carbonyl (C=O) groups is 2. The number of likely N-dealkylation sites (tertiary alicyclic amines) is 1. The zero-order valence-electron chi connectivity index (χ0n) is 18.5. The van der Waals surface area contributed by atoms with E-state index < -0.39 is 0 Å². The van der Waals surface area contributed by atoms with Crippen LogP contribution in [0.5, 0.6) is 0 Å². The van der Waals surface area contributed by atoms with E-state index in [1.54, 1.807) is 29.4 Å². The topological polar surface area (TPSA) is 91.7 Å². The van der Waals surface area contributed by atoms with Crippen molar-refractivity contribution in [2.75, 3.05) is 32.2 Å². The number of hydrogen-bond acceptors (Lipinski definition) is 7. The van der Waals surface area contributed by atoms with Crippen molar-refractivity contribution in [2.45, 2.75) is 38.1 Å². The summed E-state index contributed by atoms with van der Waals surface area (Å²) in [5, 5.41) is 15.1. The largest absolute Gasteiger partial charge is 0.449 e. The number of nitriles is 1. The van der Waals surface area contributed by atoms with Gasteiger partial charge < -0.3 is 19.7 Å². The highest BCUT2D eigenvalue weighted by atomic mass is 32.1. The molecule has 2 unspecified atom stereocenters. The molecule has 2 atom stereocenters. The van der Waals surface area contributed by atoms with Gasteiger partial charge in [0.2, 0.25) is 5.91 Å². The van der Waals surface area contributed by atoms with E-state index in [9.17, 15) is 14.9 Å². The van der Waals surface area contributed by atoms with Gasteiger partial charge in [-0.25, -0.2) is 4.79 Å². The van der Waals surface area contributed by atoms with Crippen molar-refractivity contribution >= 4 is 45.8 Å². The monoisotopic (exact) mass is 485 g/mol. The Hall–Kier alpha value is -2.67. The lowest BCUT2D eigenvalue weighted by atomic mass is 9.88. The maximum Gasteiger partial charge on any atom is 0.410 e. The Kier molecular flexibility index (Phi) is 7.81. The zero-order valence-corrected chi connectivity index (χ0v) is 20.2. The van der Waals surface area contributed by atoms with E-state index >= 15 is 0 Å². The van der Waals surface area contributed by atoms with Gasteiger partial charge in [-0.1, -0.05) is 6.07 Å². The summed E-state index contributed by atoms with van der Waals surface area (Å²) in [5.74, 6) is -0.0439. The first kappa shape index (κ1) is 23.5. The predicted octanol–water partition coefficient (Wildman–Crippen LogP) is 4.69. The van der Waals surface area contributed by atoms with Crippen LogP contribution in [0.25, 0.3) is 6.08 Å². The fourth-order valence-corrected chi connectivity index (χ4v) is 6.35. The maximum absolute atomic E-state index is 12.5. The third kappa shape index (κ3) is 5.64. The Labute approximate surface area is 201 Å². The van der Waals surface area contributed by atoms with Crippen molar-refractivity contribution in [1.29, 1.82) is 5.26 Å². The molecule has 0 spiro atoms. The number of ether oxygens (including phenoxy) is 2. The first-order valence-electron chi connectivity index (χ1n) is 11.1. The molecule has 2 amide bonds. The molecule has 1 fully saturated rings. The molecule has 3 heterocycles. The number of nitrogens with zero attached hydrogens (tertiary/aromatic N) is 2. The highest BCUT2D eigenvalue weighted by Gasteiger charge is 2.31. The lowest BCUT2D eigenvalue weighted by Crippen LogP contribution is -2.39. The molecule has 2 aromatic heterocycles. The molecule has 0 aromatic carbocycles. The van der Waals surface area contributed by atoms with Crippen LogP contribution < -0.4 is 5.32 Å². The molecule has 0 radical (unpaired) electrons. The average molecular weight is 486 g/mol. The van der Waals surface area contributed by atoms with Gasteiger partial charge in [0, 0.05) is 29.5 Å². The summed E-state index contributed by atoms with van der Waals surface area (Å²) >= 11 is 3.01. The normalized spacial score (nSPS) is 19.9. The number of carbonyl (C=O) groups excluding carboxylic acids is 2. The molecular formula is C24H27N3O4S2. The number of methoxy groups -OCH3 is 1. The van der Waals surface area contributed by atoms with E-state index in [1.807, 2.05) is 17.5 Å². The zero-order chi connectivity index (χ0) is 23.2. The van der Waals surface area contributed by atoms with Crippen LogP contribution in [0.1, 0.15) is 40.1 Å². The average Bonchev–Trinajstić information content (AvgIpc) is 3.56. The van der Waals surface area contributed by atoms with Crippen LogP contribution in [0.4, 0.5) is 9.80 Å². The molecule has 174 valence electrons. The first-order chi connectivity index (χ1) is 16.1. The molecule has 9 heteroatoms. The molecule has 1 saturated heterocycles. The van der Waals surface area contributed by atoms with Crippen LogP contribution in [0.15, 0.2) is 23.6 Å². The van der Waals surface area contributed by atoms with Crippen LogP contribution in [0.2, 0.25) is 0 Å². The van der Waals surface area contributed by atoms with E-state index in [4.69, 9.17) is 9.47 Å². The van der Waals surface area contributed by atoms with Crippen LogP contribution in [-0.2, 0) is 27.1 Å². The lowest BCUT2D eigenvalue weighted by molar-refractivity contribution is -0.111. The van der Waals surface area contributed by atoms with Gasteiger partial charge in [-0.3, -0.25) is 4.79 Å². The second kappa shape index (κ2) is 11.0. The summed E-state index contributed by atoms with van der Waals surface area (Å²) in [7, 11) is 1.65. The molecular weight excluding hydrogens is 458 g/mol. The number of amides is 2. The van der Waals surface area contributed by atoms with Gasteiger partial charge in [0.25, 0.3) is 0 Å². The molecule has 2 aliphatic rings.